The fourth-order valence-electron chi connectivity index (χ4n) is 0.542. The zero-order valence-electron chi connectivity index (χ0n) is 7.40. The number of hydrogen-bond acceptors (Lipinski definition) is 1. The molecule has 0 spiro atoms. The van der Waals surface area contributed by atoms with Gasteiger partial charge in [-0.3, -0.25) is 0 Å². The Morgan fingerprint density at radius 1 is 1.08 bits per heavy atom. The molecule has 0 amide bonds. The Balaban J connectivity index is 0.000000217. The predicted octanol–water partition coefficient (Wildman–Crippen LogP) is 2.92. The van der Waals surface area contributed by atoms with Crippen molar-refractivity contribution >= 4 is 0 Å². The minimum atomic E-state index is 1.75. The van der Waals surface area contributed by atoms with Crippen LogP contribution in [0.3, 0.4) is 0 Å². The molecule has 0 bridgehead atoms. The number of allylic oxidation sites excluding steroid dienone is 7. The minimum Gasteiger partial charge on any atom is -0.368 e. The van der Waals surface area contributed by atoms with Crippen molar-refractivity contribution < 1.29 is 0 Å². The van der Waals surface area contributed by atoms with Crippen LogP contribution in [-0.4, -0.2) is 0 Å². The lowest BCUT2D eigenvalue weighted by molar-refractivity contribution is 1.20. The van der Waals surface area contributed by atoms with Crippen molar-refractivity contribution in [3.05, 3.63) is 61.5 Å². The molecule has 0 fully saturated rings. The largest absolute Gasteiger partial charge is 0.368 e. The first-order valence-corrected chi connectivity index (χ1v) is 3.90. The predicted molar refractivity (Wildman–Crippen MR) is 55.6 cm³/mol. The lowest BCUT2D eigenvalue weighted by atomic mass is 10.5. The van der Waals surface area contributed by atoms with Crippen molar-refractivity contribution in [2.75, 3.05) is 0 Å². The van der Waals surface area contributed by atoms with Gasteiger partial charge in [0.2, 0.25) is 0 Å². The Morgan fingerprint density at radius 2 is 1.67 bits per heavy atom. The molecular weight excluding hydrogens is 146 g/mol. The molecule has 0 aliphatic carbocycles. The molecule has 0 saturated carbocycles. The van der Waals surface area contributed by atoms with Crippen LogP contribution >= 0.6 is 0 Å². The van der Waals surface area contributed by atoms with E-state index in [1.165, 1.54) is 0 Å². The lowest BCUT2D eigenvalue weighted by Crippen LogP contribution is -1.87. The van der Waals surface area contributed by atoms with Crippen LogP contribution in [0.2, 0.25) is 0 Å². The summed E-state index contributed by atoms with van der Waals surface area (Å²) in [6.45, 7) is 5.42. The second kappa shape index (κ2) is 9.50. The first-order valence-electron chi connectivity index (χ1n) is 3.90. The highest BCUT2D eigenvalue weighted by Gasteiger charge is 1.67. The quantitative estimate of drug-likeness (QED) is 0.583. The summed E-state index contributed by atoms with van der Waals surface area (Å²) in [7, 11) is 0. The van der Waals surface area contributed by atoms with Gasteiger partial charge in [-0.25, -0.2) is 0 Å². The second-order valence-electron chi connectivity index (χ2n) is 2.03. The van der Waals surface area contributed by atoms with Gasteiger partial charge < -0.3 is 5.32 Å². The molecule has 0 aromatic heterocycles. The van der Waals surface area contributed by atoms with E-state index in [0.717, 1.165) is 0 Å². The number of nitrogens with one attached hydrogen (secondary N) is 1. The van der Waals surface area contributed by atoms with Crippen molar-refractivity contribution in [1.82, 2.24) is 5.32 Å². The smallest absolute Gasteiger partial charge is 0.000442 e. The van der Waals surface area contributed by atoms with Crippen molar-refractivity contribution in [2.45, 2.75) is 6.92 Å². The Kier molecular flexibility index (Phi) is 8.31. The van der Waals surface area contributed by atoms with Gasteiger partial charge in [-0.05, 0) is 19.1 Å². The second-order valence-corrected chi connectivity index (χ2v) is 2.03. The van der Waals surface area contributed by atoms with E-state index in [1.54, 1.807) is 6.08 Å². The molecular formula is C11H15N. The molecule has 0 aromatic carbocycles. The average molecular weight is 161 g/mol. The highest BCUT2D eigenvalue weighted by Crippen LogP contribution is 1.81. The van der Waals surface area contributed by atoms with Gasteiger partial charge in [0.15, 0.2) is 0 Å². The van der Waals surface area contributed by atoms with E-state index < -0.39 is 0 Å². The maximum Gasteiger partial charge on any atom is 0.000442 e. The van der Waals surface area contributed by atoms with Gasteiger partial charge in [0.1, 0.15) is 0 Å². The number of rotatable bonds is 1. The maximum absolute atomic E-state index is 3.46. The van der Waals surface area contributed by atoms with Crippen LogP contribution in [-0.2, 0) is 0 Å². The summed E-state index contributed by atoms with van der Waals surface area (Å²) in [5, 5.41) is 2.92. The number of hydrogen-bond donors (Lipinski definition) is 1. The molecule has 1 rings (SSSR count). The Labute approximate surface area is 74.5 Å². The summed E-state index contributed by atoms with van der Waals surface area (Å²) in [4.78, 5) is 0. The molecule has 1 aliphatic heterocycles. The van der Waals surface area contributed by atoms with E-state index in [-0.39, 0.29) is 0 Å². The van der Waals surface area contributed by atoms with Crippen LogP contribution < -0.4 is 5.32 Å². The Bertz CT molecular complexity index is 193. The molecule has 1 N–H and O–H groups in total. The Morgan fingerprint density at radius 3 is 2.00 bits per heavy atom. The van der Waals surface area contributed by atoms with Crippen LogP contribution in [0.25, 0.3) is 0 Å². The molecule has 1 nitrogen and oxygen atoms in total. The summed E-state index contributed by atoms with van der Waals surface area (Å²) in [5.74, 6) is 0. The third-order valence-corrected chi connectivity index (χ3v) is 1.05. The topological polar surface area (TPSA) is 12.0 Å². The molecule has 64 valence electrons. The van der Waals surface area contributed by atoms with Gasteiger partial charge in [-0.1, -0.05) is 37.0 Å². The zero-order valence-corrected chi connectivity index (χ0v) is 7.40. The highest BCUT2D eigenvalue weighted by molar-refractivity contribution is 5.14. The van der Waals surface area contributed by atoms with Crippen LogP contribution in [0.4, 0.5) is 0 Å². The van der Waals surface area contributed by atoms with Gasteiger partial charge in [-0.2, -0.15) is 0 Å². The van der Waals surface area contributed by atoms with E-state index in [2.05, 4.69) is 11.9 Å². The maximum atomic E-state index is 3.46. The summed E-state index contributed by atoms with van der Waals surface area (Å²) < 4.78 is 0. The van der Waals surface area contributed by atoms with Crippen LogP contribution in [0, 0.1) is 0 Å². The summed E-state index contributed by atoms with van der Waals surface area (Å²) in [6.07, 6.45) is 17.2. The fourth-order valence-corrected chi connectivity index (χ4v) is 0.542. The SMILES string of the molecule is C1=CC=CNC=C1.C=CC=CC. The summed E-state index contributed by atoms with van der Waals surface area (Å²) in [6, 6.07) is 0. The average Bonchev–Trinajstić information content (AvgIpc) is 2.37. The lowest BCUT2D eigenvalue weighted by Gasteiger charge is -1.79. The van der Waals surface area contributed by atoms with Crippen molar-refractivity contribution in [2.24, 2.45) is 0 Å². The molecule has 0 radical (unpaired) electrons. The van der Waals surface area contributed by atoms with Gasteiger partial charge >= 0.3 is 0 Å². The van der Waals surface area contributed by atoms with Gasteiger partial charge in [0.25, 0.3) is 0 Å². The summed E-state index contributed by atoms with van der Waals surface area (Å²) in [5.41, 5.74) is 0. The molecule has 1 aliphatic rings. The molecule has 0 aromatic rings. The fraction of sp³-hybridized carbons (Fsp3) is 0.0909. The van der Waals surface area contributed by atoms with Crippen molar-refractivity contribution in [3.8, 4) is 0 Å². The van der Waals surface area contributed by atoms with Gasteiger partial charge in [-0.15, -0.1) is 0 Å². The van der Waals surface area contributed by atoms with E-state index >= 15 is 0 Å². The van der Waals surface area contributed by atoms with E-state index in [4.69, 9.17) is 0 Å². The first kappa shape index (κ1) is 10.5. The van der Waals surface area contributed by atoms with Crippen LogP contribution in [0.1, 0.15) is 6.92 Å². The third kappa shape index (κ3) is 8.50. The molecule has 1 heteroatoms. The Hall–Kier alpha value is -1.50. The van der Waals surface area contributed by atoms with E-state index in [0.29, 0.717) is 0 Å². The van der Waals surface area contributed by atoms with E-state index in [1.807, 2.05) is 55.8 Å². The van der Waals surface area contributed by atoms with Crippen LogP contribution in [0.5, 0.6) is 0 Å². The molecule has 0 atom stereocenters. The zero-order chi connectivity index (χ0) is 9.07. The normalized spacial score (nSPS) is 13.1. The molecule has 12 heavy (non-hydrogen) atoms. The molecule has 1 heterocycles. The third-order valence-electron chi connectivity index (χ3n) is 1.05. The van der Waals surface area contributed by atoms with Crippen molar-refractivity contribution in [3.63, 3.8) is 0 Å². The molecule has 0 saturated heterocycles. The standard InChI is InChI=1S/C6H7N.C5H8/c1-2-4-6-7-5-3-1;1-3-5-4-2/h1-7H;3-5H,1H2,2H3. The highest BCUT2D eigenvalue weighted by atomic mass is 14.8. The van der Waals surface area contributed by atoms with Gasteiger partial charge in [0.05, 0.1) is 0 Å². The van der Waals surface area contributed by atoms with Crippen LogP contribution in [0.15, 0.2) is 61.5 Å². The monoisotopic (exact) mass is 161 g/mol. The summed E-state index contributed by atoms with van der Waals surface area (Å²) >= 11 is 0. The van der Waals surface area contributed by atoms with Crippen molar-refractivity contribution in [1.29, 1.82) is 0 Å². The molecule has 0 unspecified atom stereocenters. The van der Waals surface area contributed by atoms with Gasteiger partial charge in [0, 0.05) is 12.4 Å². The minimum absolute atomic E-state index is 1.75. The van der Waals surface area contributed by atoms with E-state index in [9.17, 15) is 0 Å². The first-order chi connectivity index (χ1) is 5.91.